The summed E-state index contributed by atoms with van der Waals surface area (Å²) >= 11 is 3.46. The van der Waals surface area contributed by atoms with Crippen LogP contribution in [0.3, 0.4) is 0 Å². The number of rotatable bonds is 1. The van der Waals surface area contributed by atoms with Crippen LogP contribution >= 0.6 is 23.5 Å². The van der Waals surface area contributed by atoms with Crippen LogP contribution < -0.4 is 0 Å². The van der Waals surface area contributed by atoms with Gasteiger partial charge in [-0.15, -0.1) is 5.10 Å². The molecule has 4 nitrogen and oxygen atoms in total. The van der Waals surface area contributed by atoms with Gasteiger partial charge in [0.1, 0.15) is 0 Å². The molecule has 0 aliphatic carbocycles. The lowest BCUT2D eigenvalue weighted by atomic mass is 10.1. The highest BCUT2D eigenvalue weighted by Gasteiger charge is 2.21. The number of hydrogen-bond donors (Lipinski definition) is 0. The largest absolute Gasteiger partial charge is 0.249 e. The number of allylic oxidation sites excluding steroid dienone is 1. The van der Waals surface area contributed by atoms with Crippen molar-refractivity contribution in [1.29, 1.82) is 0 Å². The van der Waals surface area contributed by atoms with E-state index in [9.17, 15) is 0 Å². The van der Waals surface area contributed by atoms with Gasteiger partial charge in [-0.05, 0) is 11.8 Å². The third-order valence-electron chi connectivity index (χ3n) is 2.43. The Bertz CT molecular complexity index is 461. The van der Waals surface area contributed by atoms with Crippen molar-refractivity contribution < 1.29 is 0 Å². The van der Waals surface area contributed by atoms with Crippen molar-refractivity contribution in [3.05, 3.63) is 11.6 Å². The van der Waals surface area contributed by atoms with Crippen LogP contribution in [0.15, 0.2) is 21.8 Å². The highest BCUT2D eigenvalue weighted by molar-refractivity contribution is 8.00. The van der Waals surface area contributed by atoms with Crippen LogP contribution in [0.4, 0.5) is 5.95 Å². The molecule has 0 saturated carbocycles. The maximum absolute atomic E-state index is 4.54. The minimum absolute atomic E-state index is 0.758. The minimum Gasteiger partial charge on any atom is -0.224 e. The third-order valence-corrected chi connectivity index (χ3v) is 3.85. The number of fused-ring (bicyclic) bond motifs is 2. The van der Waals surface area contributed by atoms with Crippen LogP contribution in [0.5, 0.6) is 0 Å². The monoisotopic (exact) mass is 238 g/mol. The minimum atomic E-state index is 0.758. The van der Waals surface area contributed by atoms with Crippen molar-refractivity contribution in [1.82, 2.24) is 14.8 Å². The summed E-state index contributed by atoms with van der Waals surface area (Å²) in [6.45, 7) is 0.836. The molecule has 3 heterocycles. The van der Waals surface area contributed by atoms with E-state index in [0.29, 0.717) is 0 Å². The lowest BCUT2D eigenvalue weighted by molar-refractivity contribution is 0.663. The average molecular weight is 238 g/mol. The molecule has 0 saturated heterocycles. The van der Waals surface area contributed by atoms with Crippen molar-refractivity contribution in [2.75, 3.05) is 17.8 Å². The topological polar surface area (TPSA) is 43.1 Å². The van der Waals surface area contributed by atoms with E-state index in [2.05, 4.69) is 21.2 Å². The zero-order valence-electron chi connectivity index (χ0n) is 8.30. The van der Waals surface area contributed by atoms with E-state index < -0.39 is 0 Å². The van der Waals surface area contributed by atoms with Gasteiger partial charge in [0.25, 0.3) is 0 Å². The van der Waals surface area contributed by atoms with Crippen molar-refractivity contribution in [2.24, 2.45) is 4.99 Å². The number of aliphatic imine (C=N–C) groups is 1. The molecule has 0 unspecified atom stereocenters. The Kier molecular flexibility index (Phi) is 2.32. The lowest BCUT2D eigenvalue weighted by Gasteiger charge is -2.19. The summed E-state index contributed by atoms with van der Waals surface area (Å²) in [5, 5.41) is 5.18. The second kappa shape index (κ2) is 3.68. The van der Waals surface area contributed by atoms with Gasteiger partial charge >= 0.3 is 0 Å². The Balaban J connectivity index is 2.05. The van der Waals surface area contributed by atoms with Gasteiger partial charge in [0, 0.05) is 11.5 Å². The van der Waals surface area contributed by atoms with Crippen molar-refractivity contribution >= 4 is 35.2 Å². The SMILES string of the molecule is CSc1nc2n(n1)CC1=CCSCC1=N2. The van der Waals surface area contributed by atoms with E-state index in [1.807, 2.05) is 22.7 Å². The zero-order valence-corrected chi connectivity index (χ0v) is 9.94. The standard InChI is InChI=1S/C9H10N4S2/c1-14-9-11-8-10-7-5-15-3-2-6(7)4-13(8)12-9/h2H,3-5H2,1H3. The van der Waals surface area contributed by atoms with Gasteiger partial charge in [-0.2, -0.15) is 16.7 Å². The van der Waals surface area contributed by atoms with Crippen LogP contribution in [0.2, 0.25) is 0 Å². The van der Waals surface area contributed by atoms with Crippen molar-refractivity contribution in [3.63, 3.8) is 0 Å². The van der Waals surface area contributed by atoms with Crippen LogP contribution in [0, 0.1) is 0 Å². The molecular weight excluding hydrogens is 228 g/mol. The summed E-state index contributed by atoms with van der Waals surface area (Å²) in [5.41, 5.74) is 2.50. The Morgan fingerprint density at radius 1 is 1.53 bits per heavy atom. The summed E-state index contributed by atoms with van der Waals surface area (Å²) in [4.78, 5) is 8.89. The molecule has 2 aliphatic heterocycles. The van der Waals surface area contributed by atoms with E-state index in [-0.39, 0.29) is 0 Å². The molecule has 1 aromatic heterocycles. The average Bonchev–Trinajstić information content (AvgIpc) is 2.67. The second-order valence-corrected chi connectivity index (χ2v) is 5.16. The van der Waals surface area contributed by atoms with Gasteiger partial charge in [0.05, 0.1) is 12.3 Å². The first-order chi connectivity index (χ1) is 7.36. The van der Waals surface area contributed by atoms with E-state index >= 15 is 0 Å². The number of thioether (sulfide) groups is 2. The summed E-state index contributed by atoms with van der Waals surface area (Å²) in [5.74, 6) is 2.86. The predicted octanol–water partition coefficient (Wildman–Crippen LogP) is 1.76. The van der Waals surface area contributed by atoms with Gasteiger partial charge in [-0.25, -0.2) is 9.67 Å². The van der Waals surface area contributed by atoms with Gasteiger partial charge < -0.3 is 0 Å². The van der Waals surface area contributed by atoms with Gasteiger partial charge in [-0.1, -0.05) is 17.8 Å². The van der Waals surface area contributed by atoms with E-state index in [1.165, 1.54) is 11.3 Å². The summed E-state index contributed by atoms with van der Waals surface area (Å²) in [6.07, 6.45) is 4.23. The molecule has 2 aliphatic rings. The molecule has 0 aromatic carbocycles. The Morgan fingerprint density at radius 3 is 3.33 bits per heavy atom. The smallest absolute Gasteiger partial charge is 0.224 e. The molecule has 0 fully saturated rings. The number of hydrogen-bond acceptors (Lipinski definition) is 5. The Morgan fingerprint density at radius 2 is 2.47 bits per heavy atom. The molecule has 1 aromatic rings. The van der Waals surface area contributed by atoms with Crippen LogP contribution in [0.1, 0.15) is 0 Å². The molecule has 3 rings (SSSR count). The highest BCUT2D eigenvalue weighted by atomic mass is 32.2. The molecule has 0 atom stereocenters. The number of aromatic nitrogens is 3. The van der Waals surface area contributed by atoms with E-state index in [4.69, 9.17) is 0 Å². The molecular formula is C9H10N4S2. The first kappa shape index (κ1) is 9.47. The van der Waals surface area contributed by atoms with Crippen molar-refractivity contribution in [2.45, 2.75) is 11.7 Å². The molecule has 15 heavy (non-hydrogen) atoms. The first-order valence-electron chi connectivity index (χ1n) is 4.70. The van der Waals surface area contributed by atoms with Crippen LogP contribution in [-0.4, -0.2) is 38.2 Å². The molecule has 0 bridgehead atoms. The van der Waals surface area contributed by atoms with Gasteiger partial charge in [0.2, 0.25) is 11.1 Å². The molecule has 78 valence electrons. The molecule has 0 amide bonds. The predicted molar refractivity (Wildman–Crippen MR) is 64.3 cm³/mol. The summed E-state index contributed by atoms with van der Waals surface area (Å²) in [6, 6.07) is 0. The molecule has 6 heteroatoms. The maximum atomic E-state index is 4.54. The Hall–Kier alpha value is -0.750. The van der Waals surface area contributed by atoms with Gasteiger partial charge in [-0.3, -0.25) is 0 Å². The molecule has 0 N–H and O–H groups in total. The van der Waals surface area contributed by atoms with E-state index in [0.717, 1.165) is 29.2 Å². The zero-order chi connectivity index (χ0) is 10.3. The molecule has 0 spiro atoms. The lowest BCUT2D eigenvalue weighted by Crippen LogP contribution is -2.20. The second-order valence-electron chi connectivity index (χ2n) is 3.36. The van der Waals surface area contributed by atoms with E-state index in [1.54, 1.807) is 11.8 Å². The summed E-state index contributed by atoms with van der Waals surface area (Å²) in [7, 11) is 0. The maximum Gasteiger partial charge on any atom is 0.249 e. The van der Waals surface area contributed by atoms with Gasteiger partial charge in [0.15, 0.2) is 0 Å². The van der Waals surface area contributed by atoms with Crippen molar-refractivity contribution in [3.8, 4) is 0 Å². The fourth-order valence-corrected chi connectivity index (χ4v) is 2.89. The Labute approximate surface area is 96.3 Å². The fourth-order valence-electron chi connectivity index (χ4n) is 1.66. The number of nitrogens with zero attached hydrogens (tertiary/aromatic N) is 4. The third kappa shape index (κ3) is 1.61. The quantitative estimate of drug-likeness (QED) is 0.699. The molecule has 0 radical (unpaired) electrons. The van der Waals surface area contributed by atoms with Crippen LogP contribution in [-0.2, 0) is 6.54 Å². The highest BCUT2D eigenvalue weighted by Crippen LogP contribution is 2.26. The normalized spacial score (nSPS) is 19.0. The summed E-state index contributed by atoms with van der Waals surface area (Å²) < 4.78 is 1.89. The first-order valence-corrected chi connectivity index (χ1v) is 7.08. The van der Waals surface area contributed by atoms with Crippen LogP contribution in [0.25, 0.3) is 0 Å². The fraction of sp³-hybridized carbons (Fsp3) is 0.444.